The van der Waals surface area contributed by atoms with Gasteiger partial charge < -0.3 is 10.0 Å². The molecule has 1 aliphatic heterocycles. The Morgan fingerprint density at radius 3 is 3.00 bits per heavy atom. The maximum Gasteiger partial charge on any atom is 0.326 e. The molecule has 5 nitrogen and oxygen atoms in total. The molecule has 6 heteroatoms. The lowest BCUT2D eigenvalue weighted by Crippen LogP contribution is -2.41. The molecule has 1 saturated heterocycles. The fourth-order valence-corrected chi connectivity index (χ4v) is 2.92. The highest BCUT2D eigenvalue weighted by atomic mass is 32.1. The van der Waals surface area contributed by atoms with Crippen LogP contribution in [0.1, 0.15) is 30.5 Å². The summed E-state index contributed by atoms with van der Waals surface area (Å²) in [6.45, 7) is 2.56. The molecule has 0 saturated carbocycles. The van der Waals surface area contributed by atoms with Gasteiger partial charge in [-0.15, -0.1) is 11.3 Å². The van der Waals surface area contributed by atoms with Crippen molar-refractivity contribution in [2.45, 2.75) is 38.6 Å². The van der Waals surface area contributed by atoms with E-state index in [4.69, 9.17) is 5.11 Å². The number of nitrogens with zero attached hydrogens (tertiary/aromatic N) is 2. The third-order valence-corrected chi connectivity index (χ3v) is 4.13. The normalized spacial score (nSPS) is 19.2. The monoisotopic (exact) mass is 268 g/mol. The molecule has 1 N–H and O–H groups in total. The van der Waals surface area contributed by atoms with Crippen molar-refractivity contribution in [3.05, 3.63) is 16.1 Å². The molecule has 1 aromatic rings. The minimum absolute atomic E-state index is 0.132. The van der Waals surface area contributed by atoms with Gasteiger partial charge in [0.25, 0.3) is 0 Å². The first-order valence-corrected chi connectivity index (χ1v) is 6.95. The summed E-state index contributed by atoms with van der Waals surface area (Å²) in [5.74, 6) is -1.04. The number of carbonyl (C=O) groups excluding carboxylic acids is 1. The summed E-state index contributed by atoms with van der Waals surface area (Å²) in [6, 6.07) is -0.651. The minimum atomic E-state index is -0.909. The molecule has 0 unspecified atom stereocenters. The number of amides is 1. The molecule has 98 valence electrons. The lowest BCUT2D eigenvalue weighted by Gasteiger charge is -2.20. The Balaban J connectivity index is 2.01. The predicted octanol–water partition coefficient (Wildman–Crippen LogP) is 1.32. The molecule has 0 spiro atoms. The number of carbonyl (C=O) groups is 2. The Bertz CT molecular complexity index is 458. The second-order valence-electron chi connectivity index (χ2n) is 4.35. The van der Waals surface area contributed by atoms with Crippen molar-refractivity contribution in [1.29, 1.82) is 0 Å². The van der Waals surface area contributed by atoms with Crippen molar-refractivity contribution in [2.24, 2.45) is 0 Å². The molecule has 18 heavy (non-hydrogen) atoms. The number of thiazole rings is 1. The van der Waals surface area contributed by atoms with E-state index >= 15 is 0 Å². The van der Waals surface area contributed by atoms with Crippen LogP contribution in [0.5, 0.6) is 0 Å². The van der Waals surface area contributed by atoms with E-state index in [1.54, 1.807) is 11.3 Å². The van der Waals surface area contributed by atoms with Gasteiger partial charge in [0.2, 0.25) is 5.91 Å². The van der Waals surface area contributed by atoms with Gasteiger partial charge >= 0.3 is 5.97 Å². The van der Waals surface area contributed by atoms with Crippen LogP contribution in [0.4, 0.5) is 0 Å². The van der Waals surface area contributed by atoms with Gasteiger partial charge in [0.15, 0.2) is 0 Å². The van der Waals surface area contributed by atoms with Gasteiger partial charge in [0.1, 0.15) is 6.04 Å². The third kappa shape index (κ3) is 2.69. The van der Waals surface area contributed by atoms with Crippen molar-refractivity contribution in [3.8, 4) is 0 Å². The number of hydrogen-bond donors (Lipinski definition) is 1. The largest absolute Gasteiger partial charge is 0.480 e. The van der Waals surface area contributed by atoms with Gasteiger partial charge in [-0.3, -0.25) is 4.79 Å². The Morgan fingerprint density at radius 2 is 2.39 bits per heavy atom. The molecule has 0 radical (unpaired) electrons. The van der Waals surface area contributed by atoms with Gasteiger partial charge in [-0.05, 0) is 19.3 Å². The third-order valence-electron chi connectivity index (χ3n) is 3.09. The van der Waals surface area contributed by atoms with Crippen molar-refractivity contribution >= 4 is 23.2 Å². The molecule has 2 rings (SSSR count). The van der Waals surface area contributed by atoms with E-state index in [9.17, 15) is 9.59 Å². The van der Waals surface area contributed by atoms with E-state index in [0.717, 1.165) is 23.5 Å². The first kappa shape index (κ1) is 13.0. The molecule has 1 aliphatic rings. The van der Waals surface area contributed by atoms with Crippen LogP contribution >= 0.6 is 11.3 Å². The van der Waals surface area contributed by atoms with Crippen LogP contribution in [-0.2, 0) is 22.4 Å². The molecular formula is C12H16N2O3S. The minimum Gasteiger partial charge on any atom is -0.480 e. The Labute approximate surface area is 109 Å². The maximum absolute atomic E-state index is 12.1. The summed E-state index contributed by atoms with van der Waals surface area (Å²) < 4.78 is 0. The second kappa shape index (κ2) is 5.48. The zero-order valence-corrected chi connectivity index (χ0v) is 11.1. The first-order valence-electron chi connectivity index (χ1n) is 6.07. The molecule has 0 aliphatic carbocycles. The summed E-state index contributed by atoms with van der Waals surface area (Å²) in [6.07, 6.45) is 2.39. The summed E-state index contributed by atoms with van der Waals surface area (Å²) in [5.41, 5.74) is 0.748. The summed E-state index contributed by atoms with van der Waals surface area (Å²) in [4.78, 5) is 28.9. The van der Waals surface area contributed by atoms with Crippen molar-refractivity contribution in [1.82, 2.24) is 9.88 Å². The second-order valence-corrected chi connectivity index (χ2v) is 5.29. The van der Waals surface area contributed by atoms with Crippen LogP contribution in [0.3, 0.4) is 0 Å². The van der Waals surface area contributed by atoms with Gasteiger partial charge in [-0.1, -0.05) is 6.92 Å². The molecule has 0 aromatic carbocycles. The zero-order chi connectivity index (χ0) is 13.1. The number of carboxylic acid groups (broad SMARTS) is 1. The molecule has 1 atom stereocenters. The quantitative estimate of drug-likeness (QED) is 0.894. The summed E-state index contributed by atoms with van der Waals surface area (Å²) >= 11 is 1.54. The Morgan fingerprint density at radius 1 is 1.61 bits per heavy atom. The number of carboxylic acids is 1. The van der Waals surface area contributed by atoms with Crippen LogP contribution in [0.25, 0.3) is 0 Å². The van der Waals surface area contributed by atoms with Crippen LogP contribution in [0, 0.1) is 0 Å². The number of aryl methyl sites for hydroxylation is 1. The number of aromatic nitrogens is 1. The molecular weight excluding hydrogens is 252 g/mol. The Kier molecular flexibility index (Phi) is 3.96. The number of rotatable bonds is 4. The Hall–Kier alpha value is -1.43. The molecule has 0 bridgehead atoms. The summed E-state index contributed by atoms with van der Waals surface area (Å²) in [5, 5.41) is 11.9. The van der Waals surface area contributed by atoms with E-state index < -0.39 is 12.0 Å². The maximum atomic E-state index is 12.1. The zero-order valence-electron chi connectivity index (χ0n) is 10.3. The number of hydrogen-bond acceptors (Lipinski definition) is 4. The van der Waals surface area contributed by atoms with Crippen molar-refractivity contribution in [3.63, 3.8) is 0 Å². The average Bonchev–Trinajstić information content (AvgIpc) is 2.96. The fourth-order valence-electron chi connectivity index (χ4n) is 2.17. The predicted molar refractivity (Wildman–Crippen MR) is 67.6 cm³/mol. The highest BCUT2D eigenvalue weighted by molar-refractivity contribution is 7.09. The van der Waals surface area contributed by atoms with Gasteiger partial charge in [0.05, 0.1) is 17.1 Å². The highest BCUT2D eigenvalue weighted by Crippen LogP contribution is 2.19. The topological polar surface area (TPSA) is 70.5 Å². The fraction of sp³-hybridized carbons (Fsp3) is 0.583. The SMILES string of the molecule is CCc1nc(CC(=O)N2CCC[C@H]2C(=O)O)cs1. The molecule has 2 heterocycles. The van der Waals surface area contributed by atoms with Crippen LogP contribution in [-0.4, -0.2) is 39.5 Å². The molecule has 1 aromatic heterocycles. The van der Waals surface area contributed by atoms with E-state index in [2.05, 4.69) is 4.98 Å². The van der Waals surface area contributed by atoms with Gasteiger partial charge in [-0.25, -0.2) is 9.78 Å². The van der Waals surface area contributed by atoms with Crippen LogP contribution < -0.4 is 0 Å². The first-order chi connectivity index (χ1) is 8.61. The molecule has 1 amide bonds. The number of likely N-dealkylation sites (tertiary alicyclic amines) is 1. The van der Waals surface area contributed by atoms with Gasteiger partial charge in [0, 0.05) is 11.9 Å². The van der Waals surface area contributed by atoms with E-state index in [-0.39, 0.29) is 12.3 Å². The van der Waals surface area contributed by atoms with E-state index in [1.807, 2.05) is 12.3 Å². The van der Waals surface area contributed by atoms with Crippen molar-refractivity contribution < 1.29 is 14.7 Å². The van der Waals surface area contributed by atoms with Crippen LogP contribution in [0.2, 0.25) is 0 Å². The highest BCUT2D eigenvalue weighted by Gasteiger charge is 2.33. The molecule has 1 fully saturated rings. The van der Waals surface area contributed by atoms with E-state index in [0.29, 0.717) is 13.0 Å². The van der Waals surface area contributed by atoms with Crippen LogP contribution in [0.15, 0.2) is 5.38 Å². The standard InChI is InChI=1S/C12H16N2O3S/c1-2-10-13-8(7-18-10)6-11(15)14-5-3-4-9(14)12(16)17/h7,9H,2-6H2,1H3,(H,16,17)/t9-/m0/s1. The summed E-state index contributed by atoms with van der Waals surface area (Å²) in [7, 11) is 0. The van der Waals surface area contributed by atoms with Crippen molar-refractivity contribution in [2.75, 3.05) is 6.54 Å². The smallest absolute Gasteiger partial charge is 0.326 e. The average molecular weight is 268 g/mol. The lowest BCUT2D eigenvalue weighted by molar-refractivity contribution is -0.148. The van der Waals surface area contributed by atoms with Gasteiger partial charge in [-0.2, -0.15) is 0 Å². The van der Waals surface area contributed by atoms with E-state index in [1.165, 1.54) is 4.90 Å². The lowest BCUT2D eigenvalue weighted by atomic mass is 10.2. The number of aliphatic carboxylic acids is 1.